The minimum Gasteiger partial charge on any atom is -0.464 e. The van der Waals surface area contributed by atoms with Crippen molar-refractivity contribution in [3.05, 3.63) is 0 Å². The molecule has 0 aromatic carbocycles. The molecule has 0 fully saturated rings. The monoisotopic (exact) mass is 226 g/mol. The molecule has 1 unspecified atom stereocenters. The molecule has 0 aliphatic heterocycles. The highest BCUT2D eigenvalue weighted by Gasteiger charge is 2.24. The average molecular weight is 227 g/mol. The molecule has 0 N–H and O–H groups in total. The standard InChI is InChI=1S/C8H12Cl2O3/c1-2-3-4-13-8(12)7(10)6(11)5-9/h7H,2-5H2,1H3. The number of ketones is 1. The third-order valence-corrected chi connectivity index (χ3v) is 2.05. The van der Waals surface area contributed by atoms with Crippen LogP contribution in [0.25, 0.3) is 0 Å². The SMILES string of the molecule is CCCCOC(=O)C(Cl)C(=O)CCl. The van der Waals surface area contributed by atoms with E-state index in [0.29, 0.717) is 6.61 Å². The zero-order valence-corrected chi connectivity index (χ0v) is 8.90. The van der Waals surface area contributed by atoms with Gasteiger partial charge in [-0.05, 0) is 6.42 Å². The van der Waals surface area contributed by atoms with Crippen molar-refractivity contribution in [3.63, 3.8) is 0 Å². The Kier molecular flexibility index (Phi) is 7.00. The number of hydrogen-bond donors (Lipinski definition) is 0. The van der Waals surface area contributed by atoms with Gasteiger partial charge in [-0.1, -0.05) is 13.3 Å². The summed E-state index contributed by atoms with van der Waals surface area (Å²) in [4.78, 5) is 21.8. The highest BCUT2D eigenvalue weighted by atomic mass is 35.5. The second-order valence-corrected chi connectivity index (χ2v) is 3.19. The van der Waals surface area contributed by atoms with Crippen LogP contribution in [0.15, 0.2) is 0 Å². The molecule has 13 heavy (non-hydrogen) atoms. The van der Waals surface area contributed by atoms with Crippen LogP contribution in [0.1, 0.15) is 19.8 Å². The fourth-order valence-corrected chi connectivity index (χ4v) is 0.963. The summed E-state index contributed by atoms with van der Waals surface area (Å²) in [5, 5.41) is -1.26. The van der Waals surface area contributed by atoms with E-state index < -0.39 is 17.1 Å². The number of carbonyl (C=O) groups is 2. The fraction of sp³-hybridized carbons (Fsp3) is 0.750. The fourth-order valence-electron chi connectivity index (χ4n) is 0.589. The number of alkyl halides is 2. The maximum atomic E-state index is 11.0. The molecule has 0 spiro atoms. The normalized spacial score (nSPS) is 12.2. The molecule has 0 aromatic rings. The van der Waals surface area contributed by atoms with Gasteiger partial charge in [-0.15, -0.1) is 23.2 Å². The first-order valence-electron chi connectivity index (χ1n) is 4.02. The van der Waals surface area contributed by atoms with E-state index in [2.05, 4.69) is 0 Å². The predicted octanol–water partition coefficient (Wildman–Crippen LogP) is 1.75. The van der Waals surface area contributed by atoms with E-state index in [4.69, 9.17) is 27.9 Å². The molecule has 0 bridgehead atoms. The lowest BCUT2D eigenvalue weighted by molar-refractivity contribution is -0.145. The van der Waals surface area contributed by atoms with E-state index >= 15 is 0 Å². The number of hydrogen-bond acceptors (Lipinski definition) is 3. The number of halogens is 2. The Labute approximate surface area is 87.3 Å². The molecule has 0 rings (SSSR count). The number of ether oxygens (including phenoxy) is 1. The van der Waals surface area contributed by atoms with Gasteiger partial charge in [-0.3, -0.25) is 4.79 Å². The Morgan fingerprint density at radius 1 is 1.46 bits per heavy atom. The molecular weight excluding hydrogens is 215 g/mol. The Morgan fingerprint density at radius 3 is 2.54 bits per heavy atom. The second kappa shape index (κ2) is 7.15. The first-order chi connectivity index (χ1) is 6.13. The smallest absolute Gasteiger partial charge is 0.331 e. The molecular formula is C8H12Cl2O3. The number of esters is 1. The topological polar surface area (TPSA) is 43.4 Å². The van der Waals surface area contributed by atoms with Crippen LogP contribution in [0.5, 0.6) is 0 Å². The minimum atomic E-state index is -1.26. The quantitative estimate of drug-likeness (QED) is 0.300. The van der Waals surface area contributed by atoms with Gasteiger partial charge >= 0.3 is 5.97 Å². The van der Waals surface area contributed by atoms with Crippen molar-refractivity contribution < 1.29 is 14.3 Å². The van der Waals surface area contributed by atoms with Gasteiger partial charge in [0.25, 0.3) is 0 Å². The van der Waals surface area contributed by atoms with Crippen molar-refractivity contribution in [2.45, 2.75) is 25.1 Å². The molecule has 1 atom stereocenters. The van der Waals surface area contributed by atoms with E-state index in [1.165, 1.54) is 0 Å². The third kappa shape index (κ3) is 5.11. The summed E-state index contributed by atoms with van der Waals surface area (Å²) < 4.78 is 4.72. The van der Waals surface area contributed by atoms with Crippen molar-refractivity contribution in [3.8, 4) is 0 Å². The summed E-state index contributed by atoms with van der Waals surface area (Å²) in [6, 6.07) is 0. The third-order valence-electron chi connectivity index (χ3n) is 1.36. The summed E-state index contributed by atoms with van der Waals surface area (Å²) in [6.45, 7) is 2.27. The van der Waals surface area contributed by atoms with Gasteiger partial charge in [-0.2, -0.15) is 0 Å². The molecule has 0 saturated heterocycles. The van der Waals surface area contributed by atoms with Gasteiger partial charge < -0.3 is 4.74 Å². The maximum Gasteiger partial charge on any atom is 0.331 e. The lowest BCUT2D eigenvalue weighted by Gasteiger charge is -2.06. The number of unbranched alkanes of at least 4 members (excludes halogenated alkanes) is 1. The summed E-state index contributed by atoms with van der Waals surface area (Å²) >= 11 is 10.7. The van der Waals surface area contributed by atoms with Crippen LogP contribution in [0.3, 0.4) is 0 Å². The van der Waals surface area contributed by atoms with E-state index in [0.717, 1.165) is 12.8 Å². The van der Waals surface area contributed by atoms with Crippen LogP contribution >= 0.6 is 23.2 Å². The van der Waals surface area contributed by atoms with Gasteiger partial charge in [0.05, 0.1) is 12.5 Å². The summed E-state index contributed by atoms with van der Waals surface area (Å²) in [5.41, 5.74) is 0. The zero-order valence-electron chi connectivity index (χ0n) is 7.39. The average Bonchev–Trinajstić information content (AvgIpc) is 2.15. The molecule has 0 aromatic heterocycles. The Morgan fingerprint density at radius 2 is 2.08 bits per heavy atom. The predicted molar refractivity (Wildman–Crippen MR) is 51.2 cm³/mol. The molecule has 0 aliphatic rings. The van der Waals surface area contributed by atoms with Crippen molar-refractivity contribution >= 4 is 35.0 Å². The highest BCUT2D eigenvalue weighted by Crippen LogP contribution is 2.03. The Balaban J connectivity index is 3.76. The van der Waals surface area contributed by atoms with Crippen LogP contribution in [-0.4, -0.2) is 29.6 Å². The molecule has 0 heterocycles. The van der Waals surface area contributed by atoms with Crippen LogP contribution < -0.4 is 0 Å². The van der Waals surface area contributed by atoms with Crippen molar-refractivity contribution in [2.75, 3.05) is 12.5 Å². The van der Waals surface area contributed by atoms with E-state index in [-0.39, 0.29) is 5.88 Å². The maximum absolute atomic E-state index is 11.0. The Hall–Kier alpha value is -0.280. The summed E-state index contributed by atoms with van der Waals surface area (Å²) in [7, 11) is 0. The highest BCUT2D eigenvalue weighted by molar-refractivity contribution is 6.45. The molecule has 0 amide bonds. The number of carbonyl (C=O) groups excluding carboxylic acids is 2. The van der Waals surface area contributed by atoms with E-state index in [9.17, 15) is 9.59 Å². The number of rotatable bonds is 6. The molecule has 3 nitrogen and oxygen atoms in total. The lowest BCUT2D eigenvalue weighted by Crippen LogP contribution is -2.27. The molecule has 76 valence electrons. The van der Waals surface area contributed by atoms with Crippen LogP contribution in [0.4, 0.5) is 0 Å². The van der Waals surface area contributed by atoms with Crippen molar-refractivity contribution in [1.29, 1.82) is 0 Å². The first kappa shape index (κ1) is 12.7. The first-order valence-corrected chi connectivity index (χ1v) is 5.00. The molecule has 5 heteroatoms. The van der Waals surface area contributed by atoms with Crippen LogP contribution in [0.2, 0.25) is 0 Å². The van der Waals surface area contributed by atoms with Crippen LogP contribution in [0, 0.1) is 0 Å². The lowest BCUT2D eigenvalue weighted by atomic mass is 10.3. The largest absolute Gasteiger partial charge is 0.464 e. The second-order valence-electron chi connectivity index (χ2n) is 2.48. The Bertz CT molecular complexity index is 182. The van der Waals surface area contributed by atoms with Gasteiger partial charge in [0, 0.05) is 0 Å². The molecule has 0 aliphatic carbocycles. The van der Waals surface area contributed by atoms with Gasteiger partial charge in [0.15, 0.2) is 11.2 Å². The summed E-state index contributed by atoms with van der Waals surface area (Å²) in [5.74, 6) is -1.50. The van der Waals surface area contributed by atoms with Gasteiger partial charge in [-0.25, -0.2) is 4.79 Å². The van der Waals surface area contributed by atoms with Crippen molar-refractivity contribution in [2.24, 2.45) is 0 Å². The minimum absolute atomic E-state index is 0.267. The van der Waals surface area contributed by atoms with E-state index in [1.54, 1.807) is 0 Å². The van der Waals surface area contributed by atoms with Gasteiger partial charge in [0.1, 0.15) is 0 Å². The summed E-state index contributed by atoms with van der Waals surface area (Å²) in [6.07, 6.45) is 1.69. The molecule has 0 radical (unpaired) electrons. The number of Topliss-reactive ketones (excluding diaryl/α,β-unsaturated/α-hetero) is 1. The zero-order chi connectivity index (χ0) is 10.3. The molecule has 0 saturated carbocycles. The van der Waals surface area contributed by atoms with Gasteiger partial charge in [0.2, 0.25) is 0 Å². The van der Waals surface area contributed by atoms with Crippen molar-refractivity contribution in [1.82, 2.24) is 0 Å². The van der Waals surface area contributed by atoms with Crippen LogP contribution in [-0.2, 0) is 14.3 Å². The van der Waals surface area contributed by atoms with E-state index in [1.807, 2.05) is 6.92 Å².